The summed E-state index contributed by atoms with van der Waals surface area (Å²) in [6, 6.07) is 2.22. The Morgan fingerprint density at radius 3 is 2.70 bits per heavy atom. The van der Waals surface area contributed by atoms with Gasteiger partial charge in [0.15, 0.2) is 0 Å². The highest BCUT2D eigenvalue weighted by Gasteiger charge is 2.21. The van der Waals surface area contributed by atoms with Gasteiger partial charge in [0.25, 0.3) is 0 Å². The summed E-state index contributed by atoms with van der Waals surface area (Å²) >= 11 is 6.40. The summed E-state index contributed by atoms with van der Waals surface area (Å²) in [4.78, 5) is 0. The lowest BCUT2D eigenvalue weighted by Gasteiger charge is -2.18. The largest absolute Gasteiger partial charge is 0.469 e. The highest BCUT2D eigenvalue weighted by molar-refractivity contribution is 6.31. The van der Waals surface area contributed by atoms with Gasteiger partial charge >= 0.3 is 0 Å². The Balaban J connectivity index is 2.31. The molecule has 4 nitrogen and oxygen atoms in total. The van der Waals surface area contributed by atoms with Gasteiger partial charge in [-0.15, -0.1) is 0 Å². The van der Waals surface area contributed by atoms with E-state index in [1.807, 2.05) is 24.6 Å². The van der Waals surface area contributed by atoms with Crippen molar-refractivity contribution >= 4 is 11.6 Å². The number of hydrogen-bond acceptors (Lipinski definition) is 3. The van der Waals surface area contributed by atoms with Crippen LogP contribution in [-0.2, 0) is 13.0 Å². The fourth-order valence-electron chi connectivity index (χ4n) is 2.55. The summed E-state index contributed by atoms with van der Waals surface area (Å²) < 4.78 is 7.41. The summed E-state index contributed by atoms with van der Waals surface area (Å²) in [5, 5.41) is 8.76. The Morgan fingerprint density at radius 2 is 2.15 bits per heavy atom. The number of hydrogen-bond donors (Lipinski definition) is 1. The second kappa shape index (κ2) is 6.46. The number of aryl methyl sites for hydroxylation is 3. The third-order valence-corrected chi connectivity index (χ3v) is 4.07. The van der Waals surface area contributed by atoms with Crippen molar-refractivity contribution in [3.05, 3.63) is 40.1 Å². The quantitative estimate of drug-likeness (QED) is 0.884. The van der Waals surface area contributed by atoms with Crippen LogP contribution in [0.5, 0.6) is 0 Å². The number of nitrogens with zero attached hydrogens (tertiary/aromatic N) is 2. The van der Waals surface area contributed by atoms with Crippen LogP contribution >= 0.6 is 11.6 Å². The van der Waals surface area contributed by atoms with E-state index in [-0.39, 0.29) is 6.04 Å². The molecule has 2 rings (SSSR count). The fraction of sp³-hybridized carbons (Fsp3) is 0.533. The fourth-order valence-corrected chi connectivity index (χ4v) is 2.76. The maximum absolute atomic E-state index is 6.40. The van der Waals surface area contributed by atoms with Gasteiger partial charge in [-0.25, -0.2) is 0 Å². The zero-order chi connectivity index (χ0) is 14.7. The average Bonchev–Trinajstić information content (AvgIpc) is 2.96. The highest BCUT2D eigenvalue weighted by Crippen LogP contribution is 2.28. The topological polar surface area (TPSA) is 43.0 Å². The van der Waals surface area contributed by atoms with E-state index in [0.717, 1.165) is 41.7 Å². The first-order valence-corrected chi connectivity index (χ1v) is 7.45. The van der Waals surface area contributed by atoms with Crippen molar-refractivity contribution in [2.24, 2.45) is 0 Å². The van der Waals surface area contributed by atoms with Crippen LogP contribution in [0.2, 0.25) is 5.02 Å². The van der Waals surface area contributed by atoms with Gasteiger partial charge in [-0.3, -0.25) is 4.68 Å². The lowest BCUT2D eigenvalue weighted by Crippen LogP contribution is -2.24. The van der Waals surface area contributed by atoms with Crippen molar-refractivity contribution in [2.45, 2.75) is 46.7 Å². The number of rotatable bonds is 6. The van der Waals surface area contributed by atoms with Gasteiger partial charge in [-0.05, 0) is 33.4 Å². The predicted molar refractivity (Wildman–Crippen MR) is 81.2 cm³/mol. The van der Waals surface area contributed by atoms with Crippen molar-refractivity contribution in [3.63, 3.8) is 0 Å². The molecule has 5 heteroatoms. The van der Waals surface area contributed by atoms with Crippen LogP contribution in [-0.4, -0.2) is 16.3 Å². The minimum absolute atomic E-state index is 0.192. The molecule has 0 aliphatic heterocycles. The van der Waals surface area contributed by atoms with E-state index >= 15 is 0 Å². The minimum atomic E-state index is 0.192. The zero-order valence-electron chi connectivity index (χ0n) is 12.5. The van der Waals surface area contributed by atoms with Gasteiger partial charge in [-0.2, -0.15) is 5.10 Å². The van der Waals surface area contributed by atoms with Crippen molar-refractivity contribution < 1.29 is 4.42 Å². The molecule has 1 unspecified atom stereocenters. The van der Waals surface area contributed by atoms with E-state index in [1.165, 1.54) is 5.56 Å². The van der Waals surface area contributed by atoms with Crippen LogP contribution in [0.1, 0.15) is 42.6 Å². The number of aromatic nitrogens is 2. The molecule has 20 heavy (non-hydrogen) atoms. The van der Waals surface area contributed by atoms with E-state index < -0.39 is 0 Å². The molecule has 0 amide bonds. The Kier molecular flexibility index (Phi) is 4.89. The molecular weight excluding hydrogens is 274 g/mol. The molecule has 1 N–H and O–H groups in total. The SMILES string of the molecule is CCNC(Cc1c(Cl)c(C)nn1CC)c1ccoc1C. The molecule has 0 aromatic carbocycles. The maximum Gasteiger partial charge on any atom is 0.105 e. The van der Waals surface area contributed by atoms with E-state index in [4.69, 9.17) is 16.0 Å². The molecule has 2 heterocycles. The second-order valence-electron chi connectivity index (χ2n) is 4.91. The van der Waals surface area contributed by atoms with E-state index in [0.29, 0.717) is 0 Å². The highest BCUT2D eigenvalue weighted by atomic mass is 35.5. The number of halogens is 1. The number of furan rings is 1. The Bertz CT molecular complexity index is 574. The molecule has 0 aliphatic rings. The summed E-state index contributed by atoms with van der Waals surface area (Å²) in [5.41, 5.74) is 3.16. The molecule has 1 atom stereocenters. The molecule has 2 aromatic rings. The Hall–Kier alpha value is -1.26. The molecule has 0 fully saturated rings. The summed E-state index contributed by atoms with van der Waals surface area (Å²) in [6.07, 6.45) is 2.54. The average molecular weight is 296 g/mol. The van der Waals surface area contributed by atoms with Crippen LogP contribution in [0.3, 0.4) is 0 Å². The van der Waals surface area contributed by atoms with E-state index in [9.17, 15) is 0 Å². The summed E-state index contributed by atoms with van der Waals surface area (Å²) in [6.45, 7) is 9.84. The maximum atomic E-state index is 6.40. The number of nitrogens with one attached hydrogen (secondary N) is 1. The first-order chi connectivity index (χ1) is 9.58. The Labute approximate surface area is 125 Å². The van der Waals surface area contributed by atoms with Gasteiger partial charge in [-0.1, -0.05) is 18.5 Å². The smallest absolute Gasteiger partial charge is 0.105 e. The normalized spacial score (nSPS) is 12.8. The molecule has 0 saturated heterocycles. The van der Waals surface area contributed by atoms with Crippen molar-refractivity contribution in [2.75, 3.05) is 6.54 Å². The molecule has 2 aromatic heterocycles. The van der Waals surface area contributed by atoms with Crippen molar-refractivity contribution in [1.82, 2.24) is 15.1 Å². The zero-order valence-corrected chi connectivity index (χ0v) is 13.3. The lowest BCUT2D eigenvalue weighted by atomic mass is 10.0. The molecule has 110 valence electrons. The van der Waals surface area contributed by atoms with Crippen LogP contribution in [0.25, 0.3) is 0 Å². The lowest BCUT2D eigenvalue weighted by molar-refractivity contribution is 0.489. The third-order valence-electron chi connectivity index (χ3n) is 3.58. The molecule has 0 saturated carbocycles. The molecule has 0 bridgehead atoms. The minimum Gasteiger partial charge on any atom is -0.469 e. The van der Waals surface area contributed by atoms with Gasteiger partial charge in [0.2, 0.25) is 0 Å². The van der Waals surface area contributed by atoms with Gasteiger partial charge in [0, 0.05) is 24.6 Å². The van der Waals surface area contributed by atoms with Crippen LogP contribution in [0.15, 0.2) is 16.7 Å². The third kappa shape index (κ3) is 2.91. The van der Waals surface area contributed by atoms with Gasteiger partial charge in [0.05, 0.1) is 22.7 Å². The second-order valence-corrected chi connectivity index (χ2v) is 5.29. The Morgan fingerprint density at radius 1 is 1.40 bits per heavy atom. The summed E-state index contributed by atoms with van der Waals surface area (Å²) in [7, 11) is 0. The van der Waals surface area contributed by atoms with Crippen LogP contribution in [0, 0.1) is 13.8 Å². The molecule has 0 spiro atoms. The first-order valence-electron chi connectivity index (χ1n) is 7.07. The van der Waals surface area contributed by atoms with Crippen molar-refractivity contribution in [1.29, 1.82) is 0 Å². The van der Waals surface area contributed by atoms with Crippen LogP contribution in [0.4, 0.5) is 0 Å². The van der Waals surface area contributed by atoms with E-state index in [2.05, 4.69) is 24.3 Å². The predicted octanol–water partition coefficient (Wildman–Crippen LogP) is 3.66. The monoisotopic (exact) mass is 295 g/mol. The molecular formula is C15H22ClN3O. The van der Waals surface area contributed by atoms with Gasteiger partial charge in [0.1, 0.15) is 5.76 Å². The van der Waals surface area contributed by atoms with Crippen LogP contribution < -0.4 is 5.32 Å². The van der Waals surface area contributed by atoms with Gasteiger partial charge < -0.3 is 9.73 Å². The first kappa shape index (κ1) is 15.1. The number of likely N-dealkylation sites (N-methyl/N-ethyl adjacent to an activating group) is 1. The standard InChI is InChI=1S/C15H22ClN3O/c1-5-17-13(12-7-8-20-11(12)4)9-14-15(16)10(3)18-19(14)6-2/h7-8,13,17H,5-6,9H2,1-4H3. The molecule has 0 radical (unpaired) electrons. The van der Waals surface area contributed by atoms with E-state index in [1.54, 1.807) is 6.26 Å². The van der Waals surface area contributed by atoms with Crippen molar-refractivity contribution in [3.8, 4) is 0 Å². The molecule has 0 aliphatic carbocycles. The summed E-state index contributed by atoms with van der Waals surface area (Å²) in [5.74, 6) is 0.950.